The maximum atomic E-state index is 10.5. The lowest BCUT2D eigenvalue weighted by molar-refractivity contribution is -0.137. The Morgan fingerprint density at radius 1 is 1.57 bits per heavy atom. The molecule has 1 aliphatic rings. The largest absolute Gasteiger partial charge is 0.480 e. The number of rotatable bonds is 4. The van der Waals surface area contributed by atoms with Crippen molar-refractivity contribution in [1.29, 1.82) is 0 Å². The Morgan fingerprint density at radius 3 is 2.57 bits per heavy atom. The fraction of sp³-hybridized carbons (Fsp3) is 0.900. The van der Waals surface area contributed by atoms with Gasteiger partial charge in [0.1, 0.15) is 5.38 Å². The zero-order valence-electron chi connectivity index (χ0n) is 8.58. The van der Waals surface area contributed by atoms with E-state index in [0.717, 1.165) is 19.0 Å². The second-order valence-electron chi connectivity index (χ2n) is 3.96. The van der Waals surface area contributed by atoms with Gasteiger partial charge in [0.2, 0.25) is 0 Å². The molecule has 0 aromatic rings. The lowest BCUT2D eigenvalue weighted by Gasteiger charge is -2.31. The van der Waals surface area contributed by atoms with Gasteiger partial charge in [-0.2, -0.15) is 0 Å². The second-order valence-corrected chi connectivity index (χ2v) is 4.48. The van der Waals surface area contributed by atoms with E-state index < -0.39 is 11.3 Å². The molecule has 0 saturated carbocycles. The topological polar surface area (TPSA) is 40.5 Å². The Hall–Kier alpha value is -0.280. The fourth-order valence-corrected chi connectivity index (χ4v) is 2.08. The quantitative estimate of drug-likeness (QED) is 0.734. The number of carbonyl (C=O) groups is 1. The zero-order valence-corrected chi connectivity index (χ0v) is 9.33. The summed E-state index contributed by atoms with van der Waals surface area (Å²) in [5.41, 5.74) is 0. The molecule has 0 aromatic carbocycles. The summed E-state index contributed by atoms with van der Waals surface area (Å²) in [6.07, 6.45) is 3.59. The molecule has 0 aromatic heterocycles. The monoisotopic (exact) mass is 219 g/mol. The number of nitrogens with zero attached hydrogens (tertiary/aromatic N) is 1. The second kappa shape index (κ2) is 5.56. The standard InChI is InChI=1S/C10H18ClNO2/c1-2-8-3-5-12(6-4-8)7-9(11)10(13)14/h8-9H,2-7H2,1H3,(H,13,14). The molecule has 0 aliphatic carbocycles. The zero-order chi connectivity index (χ0) is 10.6. The number of likely N-dealkylation sites (tertiary alicyclic amines) is 1. The van der Waals surface area contributed by atoms with Crippen molar-refractivity contribution < 1.29 is 9.90 Å². The van der Waals surface area contributed by atoms with E-state index in [4.69, 9.17) is 16.7 Å². The minimum absolute atomic E-state index is 0.479. The van der Waals surface area contributed by atoms with Crippen LogP contribution in [0, 0.1) is 5.92 Å². The van der Waals surface area contributed by atoms with Gasteiger partial charge in [0, 0.05) is 6.54 Å². The van der Waals surface area contributed by atoms with Crippen molar-refractivity contribution in [3.05, 3.63) is 0 Å². The molecular formula is C10H18ClNO2. The summed E-state index contributed by atoms with van der Waals surface area (Å²) in [5, 5.41) is 7.90. The first-order valence-electron chi connectivity index (χ1n) is 5.22. The summed E-state index contributed by atoms with van der Waals surface area (Å²) < 4.78 is 0. The molecular weight excluding hydrogens is 202 g/mol. The molecule has 1 rings (SSSR count). The first kappa shape index (κ1) is 11.8. The Bertz CT molecular complexity index is 191. The molecule has 1 aliphatic heterocycles. The van der Waals surface area contributed by atoms with Crippen molar-refractivity contribution in [2.45, 2.75) is 31.6 Å². The van der Waals surface area contributed by atoms with E-state index in [9.17, 15) is 4.79 Å². The molecule has 0 bridgehead atoms. The first-order valence-corrected chi connectivity index (χ1v) is 5.66. The van der Waals surface area contributed by atoms with Crippen molar-refractivity contribution in [3.63, 3.8) is 0 Å². The average Bonchev–Trinajstić information content (AvgIpc) is 2.19. The van der Waals surface area contributed by atoms with E-state index in [2.05, 4.69) is 11.8 Å². The van der Waals surface area contributed by atoms with Gasteiger partial charge in [-0.25, -0.2) is 0 Å². The molecule has 1 N–H and O–H groups in total. The predicted molar refractivity (Wildman–Crippen MR) is 56.7 cm³/mol. The van der Waals surface area contributed by atoms with Gasteiger partial charge in [0.15, 0.2) is 0 Å². The number of halogens is 1. The summed E-state index contributed by atoms with van der Waals surface area (Å²) in [7, 11) is 0. The van der Waals surface area contributed by atoms with Crippen molar-refractivity contribution in [2.24, 2.45) is 5.92 Å². The molecule has 0 radical (unpaired) electrons. The third kappa shape index (κ3) is 3.46. The van der Waals surface area contributed by atoms with Gasteiger partial charge in [-0.1, -0.05) is 13.3 Å². The summed E-state index contributed by atoms with van der Waals surface area (Å²) in [4.78, 5) is 12.7. The molecule has 0 spiro atoms. The van der Waals surface area contributed by atoms with Gasteiger partial charge in [-0.3, -0.25) is 4.79 Å². The Morgan fingerprint density at radius 2 is 2.14 bits per heavy atom. The van der Waals surface area contributed by atoms with Crippen LogP contribution in [0.1, 0.15) is 26.2 Å². The number of aliphatic carboxylic acids is 1. The van der Waals surface area contributed by atoms with Gasteiger partial charge >= 0.3 is 5.97 Å². The number of piperidine rings is 1. The van der Waals surface area contributed by atoms with Crippen LogP contribution in [0.15, 0.2) is 0 Å². The van der Waals surface area contributed by atoms with Gasteiger partial charge in [0.05, 0.1) is 0 Å². The van der Waals surface area contributed by atoms with Crippen LogP contribution < -0.4 is 0 Å². The molecule has 14 heavy (non-hydrogen) atoms. The fourth-order valence-electron chi connectivity index (χ4n) is 1.88. The van der Waals surface area contributed by atoms with Crippen molar-refractivity contribution >= 4 is 17.6 Å². The highest BCUT2D eigenvalue weighted by molar-refractivity contribution is 6.29. The normalized spacial score (nSPS) is 22.1. The summed E-state index contributed by atoms with van der Waals surface area (Å²) in [6, 6.07) is 0. The van der Waals surface area contributed by atoms with E-state index in [-0.39, 0.29) is 0 Å². The van der Waals surface area contributed by atoms with E-state index >= 15 is 0 Å². The Labute approximate surface area is 90.0 Å². The van der Waals surface area contributed by atoms with Gasteiger partial charge in [-0.15, -0.1) is 11.6 Å². The first-order chi connectivity index (χ1) is 6.63. The minimum atomic E-state index is -0.913. The van der Waals surface area contributed by atoms with E-state index in [1.54, 1.807) is 0 Å². The SMILES string of the molecule is CCC1CCN(CC(Cl)C(=O)O)CC1. The summed E-state index contributed by atoms with van der Waals surface area (Å²) in [5.74, 6) is -0.0888. The maximum Gasteiger partial charge on any atom is 0.322 e. The molecule has 1 fully saturated rings. The smallest absolute Gasteiger partial charge is 0.322 e. The molecule has 1 saturated heterocycles. The number of hydrogen-bond donors (Lipinski definition) is 1. The highest BCUT2D eigenvalue weighted by atomic mass is 35.5. The van der Waals surface area contributed by atoms with Crippen molar-refractivity contribution in [1.82, 2.24) is 4.90 Å². The van der Waals surface area contributed by atoms with Crippen LogP contribution in [0.25, 0.3) is 0 Å². The van der Waals surface area contributed by atoms with Crippen LogP contribution in [0.4, 0.5) is 0 Å². The molecule has 1 heterocycles. The molecule has 82 valence electrons. The number of hydrogen-bond acceptors (Lipinski definition) is 2. The molecule has 0 amide bonds. The van der Waals surface area contributed by atoms with Crippen LogP contribution in [0.3, 0.4) is 0 Å². The van der Waals surface area contributed by atoms with E-state index in [1.165, 1.54) is 19.3 Å². The van der Waals surface area contributed by atoms with E-state index in [1.807, 2.05) is 0 Å². The number of alkyl halides is 1. The average molecular weight is 220 g/mol. The number of carboxylic acids is 1. The highest BCUT2D eigenvalue weighted by Gasteiger charge is 2.22. The van der Waals surface area contributed by atoms with Crippen molar-refractivity contribution in [2.75, 3.05) is 19.6 Å². The van der Waals surface area contributed by atoms with Crippen LogP contribution in [-0.2, 0) is 4.79 Å². The third-order valence-electron chi connectivity index (χ3n) is 2.97. The lowest BCUT2D eigenvalue weighted by Crippen LogP contribution is -2.39. The molecule has 1 atom stereocenters. The Kier molecular flexibility index (Phi) is 4.69. The van der Waals surface area contributed by atoms with Crippen LogP contribution in [0.2, 0.25) is 0 Å². The van der Waals surface area contributed by atoms with E-state index in [0.29, 0.717) is 6.54 Å². The summed E-state index contributed by atoms with van der Waals surface area (Å²) in [6.45, 7) is 4.68. The minimum Gasteiger partial charge on any atom is -0.480 e. The van der Waals surface area contributed by atoms with Crippen LogP contribution in [0.5, 0.6) is 0 Å². The Balaban J connectivity index is 2.25. The lowest BCUT2D eigenvalue weighted by atomic mass is 9.94. The molecule has 3 nitrogen and oxygen atoms in total. The predicted octanol–water partition coefficient (Wildman–Crippen LogP) is 1.80. The summed E-state index contributed by atoms with van der Waals surface area (Å²) >= 11 is 5.68. The molecule has 4 heteroatoms. The van der Waals surface area contributed by atoms with Gasteiger partial charge < -0.3 is 10.0 Å². The van der Waals surface area contributed by atoms with Gasteiger partial charge in [-0.05, 0) is 31.8 Å². The number of carboxylic acid groups (broad SMARTS) is 1. The van der Waals surface area contributed by atoms with Crippen molar-refractivity contribution in [3.8, 4) is 0 Å². The van der Waals surface area contributed by atoms with Crippen LogP contribution >= 0.6 is 11.6 Å². The van der Waals surface area contributed by atoms with Gasteiger partial charge in [0.25, 0.3) is 0 Å². The van der Waals surface area contributed by atoms with Crippen LogP contribution in [-0.4, -0.2) is 41.0 Å². The molecule has 1 unspecified atom stereocenters. The third-order valence-corrected chi connectivity index (χ3v) is 3.30. The highest BCUT2D eigenvalue weighted by Crippen LogP contribution is 2.20. The maximum absolute atomic E-state index is 10.5.